The second kappa shape index (κ2) is 5.78. The molecule has 0 saturated carbocycles. The summed E-state index contributed by atoms with van der Waals surface area (Å²) in [4.78, 5) is 12.1. The fraction of sp³-hybridized carbons (Fsp3) is 0.235. The van der Waals surface area contributed by atoms with Crippen LogP contribution in [0.5, 0.6) is 5.75 Å². The number of para-hydroxylation sites is 1. The highest BCUT2D eigenvalue weighted by molar-refractivity contribution is 5.96. The van der Waals surface area contributed by atoms with Gasteiger partial charge in [-0.3, -0.25) is 4.79 Å². The van der Waals surface area contributed by atoms with Crippen LogP contribution in [0.1, 0.15) is 29.8 Å². The van der Waals surface area contributed by atoms with Gasteiger partial charge in [0.25, 0.3) is 5.91 Å². The van der Waals surface area contributed by atoms with Crippen LogP contribution in [0.4, 0.5) is 0 Å². The van der Waals surface area contributed by atoms with Crippen LogP contribution < -0.4 is 5.32 Å². The third-order valence-electron chi connectivity index (χ3n) is 3.39. The summed E-state index contributed by atoms with van der Waals surface area (Å²) >= 11 is 0. The van der Waals surface area contributed by atoms with Crippen molar-refractivity contribution in [1.82, 2.24) is 5.32 Å². The average molecular weight is 269 g/mol. The number of phenols is 1. The van der Waals surface area contributed by atoms with Crippen LogP contribution in [-0.2, 0) is 5.41 Å². The van der Waals surface area contributed by atoms with E-state index in [1.165, 1.54) is 6.07 Å². The first-order chi connectivity index (χ1) is 9.50. The van der Waals surface area contributed by atoms with Crippen molar-refractivity contribution in [1.29, 1.82) is 0 Å². The van der Waals surface area contributed by atoms with E-state index < -0.39 is 0 Å². The van der Waals surface area contributed by atoms with Crippen molar-refractivity contribution in [2.24, 2.45) is 0 Å². The van der Waals surface area contributed by atoms with Gasteiger partial charge >= 0.3 is 0 Å². The van der Waals surface area contributed by atoms with Gasteiger partial charge in [0.05, 0.1) is 5.56 Å². The third kappa shape index (κ3) is 3.18. The molecule has 3 nitrogen and oxygen atoms in total. The summed E-state index contributed by atoms with van der Waals surface area (Å²) in [5.41, 5.74) is 1.30. The predicted molar refractivity (Wildman–Crippen MR) is 79.9 cm³/mol. The lowest BCUT2D eigenvalue weighted by Crippen LogP contribution is -2.36. The van der Waals surface area contributed by atoms with Crippen molar-refractivity contribution in [2.75, 3.05) is 6.54 Å². The van der Waals surface area contributed by atoms with Crippen LogP contribution in [-0.4, -0.2) is 17.6 Å². The van der Waals surface area contributed by atoms with E-state index in [9.17, 15) is 9.90 Å². The van der Waals surface area contributed by atoms with Crippen LogP contribution >= 0.6 is 0 Å². The lowest BCUT2D eigenvalue weighted by atomic mass is 9.84. The molecule has 0 unspecified atom stereocenters. The summed E-state index contributed by atoms with van der Waals surface area (Å²) in [7, 11) is 0. The summed E-state index contributed by atoms with van der Waals surface area (Å²) < 4.78 is 0. The molecule has 104 valence electrons. The first-order valence-electron chi connectivity index (χ1n) is 6.62. The SMILES string of the molecule is CC(C)(CNC(=O)c1ccccc1O)c1ccccc1. The molecule has 3 heteroatoms. The quantitative estimate of drug-likeness (QED) is 0.896. The van der Waals surface area contributed by atoms with E-state index in [0.717, 1.165) is 5.56 Å². The second-order valence-corrected chi connectivity index (χ2v) is 5.45. The Morgan fingerprint density at radius 2 is 1.65 bits per heavy atom. The molecule has 0 spiro atoms. The number of rotatable bonds is 4. The maximum absolute atomic E-state index is 12.1. The van der Waals surface area contributed by atoms with E-state index in [1.54, 1.807) is 18.2 Å². The van der Waals surface area contributed by atoms with Gasteiger partial charge in [-0.25, -0.2) is 0 Å². The summed E-state index contributed by atoms with van der Waals surface area (Å²) in [6.07, 6.45) is 0. The standard InChI is InChI=1S/C17H19NO2/c1-17(2,13-8-4-3-5-9-13)12-18-16(20)14-10-6-7-11-15(14)19/h3-11,19H,12H2,1-2H3,(H,18,20). The van der Waals surface area contributed by atoms with Gasteiger partial charge in [0.1, 0.15) is 5.75 Å². The Hall–Kier alpha value is -2.29. The summed E-state index contributed by atoms with van der Waals surface area (Å²) in [5, 5.41) is 12.5. The predicted octanol–water partition coefficient (Wildman–Crippen LogP) is 3.10. The van der Waals surface area contributed by atoms with Crippen molar-refractivity contribution in [3.05, 3.63) is 65.7 Å². The van der Waals surface area contributed by atoms with E-state index >= 15 is 0 Å². The van der Waals surface area contributed by atoms with E-state index in [0.29, 0.717) is 12.1 Å². The largest absolute Gasteiger partial charge is 0.507 e. The molecule has 2 aromatic rings. The zero-order valence-electron chi connectivity index (χ0n) is 11.8. The highest BCUT2D eigenvalue weighted by Gasteiger charge is 2.21. The molecule has 0 bridgehead atoms. The van der Waals surface area contributed by atoms with Gasteiger partial charge in [-0.05, 0) is 17.7 Å². The molecule has 2 aromatic carbocycles. The third-order valence-corrected chi connectivity index (χ3v) is 3.39. The molecule has 2 rings (SSSR count). The maximum Gasteiger partial charge on any atom is 0.255 e. The van der Waals surface area contributed by atoms with E-state index in [2.05, 4.69) is 19.2 Å². The molecule has 0 aliphatic carbocycles. The Kier molecular flexibility index (Phi) is 4.08. The van der Waals surface area contributed by atoms with Crippen LogP contribution in [0.3, 0.4) is 0 Å². The number of benzene rings is 2. The van der Waals surface area contributed by atoms with Gasteiger partial charge in [-0.1, -0.05) is 56.3 Å². The first-order valence-corrected chi connectivity index (χ1v) is 6.62. The van der Waals surface area contributed by atoms with Crippen molar-refractivity contribution in [3.8, 4) is 5.75 Å². The lowest BCUT2D eigenvalue weighted by molar-refractivity contribution is 0.0943. The average Bonchev–Trinajstić information content (AvgIpc) is 2.46. The van der Waals surface area contributed by atoms with Crippen molar-refractivity contribution in [2.45, 2.75) is 19.3 Å². The van der Waals surface area contributed by atoms with Gasteiger partial charge in [0, 0.05) is 12.0 Å². The summed E-state index contributed by atoms with van der Waals surface area (Å²) in [6.45, 7) is 4.66. The molecule has 20 heavy (non-hydrogen) atoms. The fourth-order valence-electron chi connectivity index (χ4n) is 2.05. The number of amides is 1. The minimum atomic E-state index is -0.257. The molecule has 0 aromatic heterocycles. The normalized spacial score (nSPS) is 11.1. The van der Waals surface area contributed by atoms with Crippen molar-refractivity contribution >= 4 is 5.91 Å². The number of nitrogens with one attached hydrogen (secondary N) is 1. The highest BCUT2D eigenvalue weighted by atomic mass is 16.3. The molecule has 0 fully saturated rings. The monoisotopic (exact) mass is 269 g/mol. The van der Waals surface area contributed by atoms with Gasteiger partial charge < -0.3 is 10.4 Å². The van der Waals surface area contributed by atoms with E-state index in [4.69, 9.17) is 0 Å². The number of aromatic hydroxyl groups is 1. The molecular weight excluding hydrogens is 250 g/mol. The van der Waals surface area contributed by atoms with Gasteiger partial charge in [-0.15, -0.1) is 0 Å². The lowest BCUT2D eigenvalue weighted by Gasteiger charge is -2.25. The number of phenolic OH excluding ortho intramolecular Hbond substituents is 1. The molecule has 0 atom stereocenters. The number of carbonyl (C=O) groups is 1. The van der Waals surface area contributed by atoms with E-state index in [-0.39, 0.29) is 17.1 Å². The first kappa shape index (κ1) is 14.1. The Morgan fingerprint density at radius 1 is 1.05 bits per heavy atom. The van der Waals surface area contributed by atoms with Gasteiger partial charge in [0.15, 0.2) is 0 Å². The van der Waals surface area contributed by atoms with Crippen LogP contribution in [0.2, 0.25) is 0 Å². The Labute approximate surface area is 119 Å². The van der Waals surface area contributed by atoms with Crippen molar-refractivity contribution < 1.29 is 9.90 Å². The van der Waals surface area contributed by atoms with Crippen LogP contribution in [0.25, 0.3) is 0 Å². The summed E-state index contributed by atoms with van der Waals surface area (Å²) in [5.74, 6) is -0.255. The summed E-state index contributed by atoms with van der Waals surface area (Å²) in [6, 6.07) is 16.6. The number of carbonyl (C=O) groups excluding carboxylic acids is 1. The Morgan fingerprint density at radius 3 is 2.30 bits per heavy atom. The van der Waals surface area contributed by atoms with Crippen molar-refractivity contribution in [3.63, 3.8) is 0 Å². The van der Waals surface area contributed by atoms with Gasteiger partial charge in [-0.2, -0.15) is 0 Å². The number of hydrogen-bond donors (Lipinski definition) is 2. The molecule has 0 saturated heterocycles. The molecular formula is C17H19NO2. The zero-order chi connectivity index (χ0) is 14.6. The molecule has 1 amide bonds. The molecule has 0 radical (unpaired) electrons. The fourth-order valence-corrected chi connectivity index (χ4v) is 2.05. The zero-order valence-corrected chi connectivity index (χ0v) is 11.8. The second-order valence-electron chi connectivity index (χ2n) is 5.45. The smallest absolute Gasteiger partial charge is 0.255 e. The van der Waals surface area contributed by atoms with Crippen LogP contribution in [0.15, 0.2) is 54.6 Å². The van der Waals surface area contributed by atoms with E-state index in [1.807, 2.05) is 30.3 Å². The molecule has 0 aliphatic rings. The highest BCUT2D eigenvalue weighted by Crippen LogP contribution is 2.22. The molecule has 2 N–H and O–H groups in total. The molecule has 0 heterocycles. The number of hydrogen-bond acceptors (Lipinski definition) is 2. The maximum atomic E-state index is 12.1. The Balaban J connectivity index is 2.05. The minimum Gasteiger partial charge on any atom is -0.507 e. The van der Waals surface area contributed by atoms with Gasteiger partial charge in [0.2, 0.25) is 0 Å². The Bertz CT molecular complexity index is 591. The molecule has 0 aliphatic heterocycles. The topological polar surface area (TPSA) is 49.3 Å². The van der Waals surface area contributed by atoms with Crippen LogP contribution in [0, 0.1) is 0 Å². The minimum absolute atomic E-state index is 0.00233.